The third-order valence-electron chi connectivity index (χ3n) is 10.3. The van der Waals surface area contributed by atoms with Gasteiger partial charge in [-0.2, -0.15) is 0 Å². The third-order valence-corrected chi connectivity index (χ3v) is 10.8. The van der Waals surface area contributed by atoms with Gasteiger partial charge in [-0.05, 0) is 64.7 Å². The van der Waals surface area contributed by atoms with Crippen LogP contribution in [0.25, 0.3) is 78.2 Å². The lowest BCUT2D eigenvalue weighted by atomic mass is 9.81. The first-order valence-electron chi connectivity index (χ1n) is 18.2. The molecule has 0 bridgehead atoms. The molecule has 10 rings (SSSR count). The Labute approximate surface area is 330 Å². The van der Waals surface area contributed by atoms with E-state index in [0.29, 0.717) is 0 Å². The summed E-state index contributed by atoms with van der Waals surface area (Å²) < 4.78 is 0. The fourth-order valence-electron chi connectivity index (χ4n) is 7.49. The van der Waals surface area contributed by atoms with Crippen molar-refractivity contribution in [3.8, 4) is 56.4 Å². The highest BCUT2D eigenvalue weighted by Crippen LogP contribution is 2.50. The van der Waals surface area contributed by atoms with Gasteiger partial charge < -0.3 is 0 Å². The second-order valence-electron chi connectivity index (χ2n) is 14.1. The Hall–Kier alpha value is -6.20. The van der Waals surface area contributed by atoms with E-state index >= 15 is 0 Å². The summed E-state index contributed by atoms with van der Waals surface area (Å²) in [5, 5.41) is 3.59. The minimum absolute atomic E-state index is 0.128. The maximum Gasteiger partial charge on any atom is 0.160 e. The van der Waals surface area contributed by atoms with Gasteiger partial charge in [0.15, 0.2) is 11.6 Å². The molecule has 6 heteroatoms. The molecule has 0 amide bonds. The predicted octanol–water partition coefficient (Wildman–Crippen LogP) is 13.5. The van der Waals surface area contributed by atoms with Gasteiger partial charge in [-0.3, -0.25) is 0 Å². The van der Waals surface area contributed by atoms with E-state index in [2.05, 4.69) is 68.4 Å². The number of benzene rings is 7. The molecule has 0 fully saturated rings. The minimum Gasteiger partial charge on any atom is -0.228 e. The highest BCUT2D eigenvalue weighted by Gasteiger charge is 2.36. The number of halogens is 2. The summed E-state index contributed by atoms with van der Waals surface area (Å²) in [6.45, 7) is 4.54. The highest BCUT2D eigenvalue weighted by atomic mass is 35.5. The lowest BCUT2D eigenvalue weighted by molar-refractivity contribution is 0.660. The monoisotopic (exact) mass is 748 g/mol. The molecule has 4 nitrogen and oxygen atoms in total. The molecule has 1 aliphatic carbocycles. The molecule has 264 valence electrons. The van der Waals surface area contributed by atoms with Crippen molar-refractivity contribution in [3.05, 3.63) is 191 Å². The Bertz CT molecular complexity index is 2850. The zero-order chi connectivity index (χ0) is 37.5. The van der Waals surface area contributed by atoms with Gasteiger partial charge in [0.1, 0.15) is 0 Å². The van der Waals surface area contributed by atoms with Crippen molar-refractivity contribution in [1.29, 1.82) is 0 Å². The molecule has 0 atom stereocenters. The van der Waals surface area contributed by atoms with Crippen molar-refractivity contribution in [2.24, 2.45) is 0 Å². The van der Waals surface area contributed by atoms with Crippen LogP contribution in [0.3, 0.4) is 0 Å². The van der Waals surface area contributed by atoms with E-state index in [9.17, 15) is 0 Å². The van der Waals surface area contributed by atoms with E-state index in [1.165, 1.54) is 22.3 Å². The van der Waals surface area contributed by atoms with E-state index in [0.717, 1.165) is 77.1 Å². The molecule has 0 saturated carbocycles. The third kappa shape index (κ3) is 6.54. The summed E-state index contributed by atoms with van der Waals surface area (Å²) >= 11 is 12.4. The van der Waals surface area contributed by atoms with Crippen LogP contribution in [-0.2, 0) is 5.41 Å². The number of para-hydroxylation sites is 2. The Kier molecular flexibility index (Phi) is 8.94. The average molecular weight is 750 g/mol. The Balaban J connectivity index is 0.000000153. The average Bonchev–Trinajstić information content (AvgIpc) is 3.45. The second-order valence-corrected chi connectivity index (χ2v) is 15.0. The van der Waals surface area contributed by atoms with Crippen LogP contribution in [0, 0.1) is 0 Å². The molecule has 0 aliphatic heterocycles. The smallest absolute Gasteiger partial charge is 0.160 e. The number of fused-ring (bicyclic) bond motifs is 5. The van der Waals surface area contributed by atoms with E-state index in [1.807, 2.05) is 115 Å². The number of aromatic nitrogens is 4. The van der Waals surface area contributed by atoms with Crippen LogP contribution in [0.15, 0.2) is 170 Å². The molecular formula is C49H34Cl2N4. The number of nitrogens with zero attached hydrogens (tertiary/aromatic N) is 4. The van der Waals surface area contributed by atoms with E-state index in [-0.39, 0.29) is 5.41 Å². The van der Waals surface area contributed by atoms with Crippen LogP contribution in [0.4, 0.5) is 0 Å². The molecule has 55 heavy (non-hydrogen) atoms. The normalized spacial score (nSPS) is 12.5. The number of rotatable bonds is 4. The molecule has 7 aromatic carbocycles. The van der Waals surface area contributed by atoms with Crippen LogP contribution in [0.5, 0.6) is 0 Å². The van der Waals surface area contributed by atoms with Crippen molar-refractivity contribution in [2.75, 3.05) is 0 Å². The van der Waals surface area contributed by atoms with Crippen LogP contribution in [0.1, 0.15) is 25.0 Å². The standard InChI is InChI=1S/C29H21ClN2.C20H13ClN2/c1-29(2)24-16-19(12-14-21(24)22-15-13-20(30)17-25(22)29)27-23-10-6-7-11-26(23)31-28(32-27)18-8-4-3-5-9-18;21-16-12-10-14(11-13-16)19-17-8-4-5-9-18(17)22-20(23-19)15-6-2-1-3-7-15/h3-17H,1-2H3;1-13H. The first-order chi connectivity index (χ1) is 26.8. The van der Waals surface area contributed by atoms with Gasteiger partial charge in [0, 0.05) is 48.5 Å². The fourth-order valence-corrected chi connectivity index (χ4v) is 7.79. The van der Waals surface area contributed by atoms with Crippen LogP contribution in [0.2, 0.25) is 10.0 Å². The molecule has 0 radical (unpaired) electrons. The summed E-state index contributed by atoms with van der Waals surface area (Å²) in [6.07, 6.45) is 0. The summed E-state index contributed by atoms with van der Waals surface area (Å²) in [6, 6.07) is 57.2. The van der Waals surface area contributed by atoms with E-state index in [1.54, 1.807) is 0 Å². The Morgan fingerprint density at radius 3 is 1.38 bits per heavy atom. The molecule has 9 aromatic rings. The Morgan fingerprint density at radius 1 is 0.382 bits per heavy atom. The molecule has 2 heterocycles. The maximum absolute atomic E-state index is 6.34. The lowest BCUT2D eigenvalue weighted by Crippen LogP contribution is -2.15. The Morgan fingerprint density at radius 2 is 0.818 bits per heavy atom. The summed E-state index contributed by atoms with van der Waals surface area (Å²) in [5.74, 6) is 1.48. The molecule has 0 saturated heterocycles. The van der Waals surface area contributed by atoms with Gasteiger partial charge in [0.05, 0.1) is 22.4 Å². The van der Waals surface area contributed by atoms with Gasteiger partial charge >= 0.3 is 0 Å². The quantitative estimate of drug-likeness (QED) is 0.180. The maximum atomic E-state index is 6.34. The van der Waals surface area contributed by atoms with Crippen molar-refractivity contribution >= 4 is 45.0 Å². The van der Waals surface area contributed by atoms with Crippen molar-refractivity contribution in [3.63, 3.8) is 0 Å². The summed E-state index contributed by atoms with van der Waals surface area (Å²) in [5.41, 5.74) is 12.9. The summed E-state index contributed by atoms with van der Waals surface area (Å²) in [4.78, 5) is 19.4. The highest BCUT2D eigenvalue weighted by molar-refractivity contribution is 6.31. The lowest BCUT2D eigenvalue weighted by Gasteiger charge is -2.22. The van der Waals surface area contributed by atoms with Gasteiger partial charge in [-0.15, -0.1) is 0 Å². The van der Waals surface area contributed by atoms with Gasteiger partial charge in [-0.1, -0.05) is 164 Å². The fraction of sp³-hybridized carbons (Fsp3) is 0.0612. The van der Waals surface area contributed by atoms with Crippen molar-refractivity contribution in [1.82, 2.24) is 19.9 Å². The molecular weight excluding hydrogens is 715 g/mol. The molecule has 1 aliphatic rings. The molecule has 0 unspecified atom stereocenters. The first kappa shape index (κ1) is 34.6. The number of hydrogen-bond acceptors (Lipinski definition) is 4. The van der Waals surface area contributed by atoms with Crippen LogP contribution < -0.4 is 0 Å². The van der Waals surface area contributed by atoms with Gasteiger partial charge in [0.2, 0.25) is 0 Å². The van der Waals surface area contributed by atoms with Crippen molar-refractivity contribution in [2.45, 2.75) is 19.3 Å². The topological polar surface area (TPSA) is 51.6 Å². The minimum atomic E-state index is -0.128. The SMILES string of the molecule is CC1(C)c2cc(Cl)ccc2-c2ccc(-c3nc(-c4ccccc4)nc4ccccc34)cc21.Clc1ccc(-c2nc(-c3ccccc3)nc3ccccc23)cc1. The van der Waals surface area contributed by atoms with Crippen LogP contribution in [-0.4, -0.2) is 19.9 Å². The number of hydrogen-bond donors (Lipinski definition) is 0. The van der Waals surface area contributed by atoms with E-state index in [4.69, 9.17) is 43.1 Å². The largest absolute Gasteiger partial charge is 0.228 e. The molecule has 2 aromatic heterocycles. The predicted molar refractivity (Wildman–Crippen MR) is 228 cm³/mol. The van der Waals surface area contributed by atoms with Crippen molar-refractivity contribution < 1.29 is 0 Å². The van der Waals surface area contributed by atoms with E-state index < -0.39 is 0 Å². The van der Waals surface area contributed by atoms with Gasteiger partial charge in [-0.25, -0.2) is 19.9 Å². The van der Waals surface area contributed by atoms with Gasteiger partial charge in [0.25, 0.3) is 0 Å². The second kappa shape index (κ2) is 14.2. The van der Waals surface area contributed by atoms with Crippen LogP contribution >= 0.6 is 23.2 Å². The zero-order valence-corrected chi connectivity index (χ0v) is 31.7. The summed E-state index contributed by atoms with van der Waals surface area (Å²) in [7, 11) is 0. The zero-order valence-electron chi connectivity index (χ0n) is 30.2. The molecule has 0 N–H and O–H groups in total. The first-order valence-corrected chi connectivity index (χ1v) is 18.9. The molecule has 0 spiro atoms.